The highest BCUT2D eigenvalue weighted by atomic mass is 16.6. The van der Waals surface area contributed by atoms with Crippen molar-refractivity contribution >= 4 is 17.7 Å². The first kappa shape index (κ1) is 23.5. The van der Waals surface area contributed by atoms with E-state index in [1.54, 1.807) is 6.92 Å². The molecule has 0 saturated heterocycles. The third kappa shape index (κ3) is 4.26. The fourth-order valence-corrected chi connectivity index (χ4v) is 4.81. The second-order valence-corrected chi connectivity index (χ2v) is 9.52. The zero-order chi connectivity index (χ0) is 22.4. The summed E-state index contributed by atoms with van der Waals surface area (Å²) in [5.74, 6) is -1.59. The molecule has 0 aromatic rings. The van der Waals surface area contributed by atoms with Gasteiger partial charge in [-0.1, -0.05) is 12.5 Å². The monoisotopic (exact) mass is 410 g/mol. The molecule has 2 fully saturated rings. The molecule has 29 heavy (non-hydrogen) atoms. The van der Waals surface area contributed by atoms with E-state index in [0.717, 1.165) is 11.1 Å². The van der Waals surface area contributed by atoms with Gasteiger partial charge in [0.2, 0.25) is 0 Å². The summed E-state index contributed by atoms with van der Waals surface area (Å²) >= 11 is 0. The molecule has 0 aliphatic heterocycles. The Morgan fingerprint density at radius 3 is 2.31 bits per heavy atom. The molecule has 7 nitrogen and oxygen atoms in total. The zero-order valence-electron chi connectivity index (χ0n) is 18.5. The summed E-state index contributed by atoms with van der Waals surface area (Å²) in [4.78, 5) is 37.2. The lowest BCUT2D eigenvalue weighted by molar-refractivity contribution is -0.227. The average Bonchev–Trinajstić information content (AvgIpc) is 2.55. The molecule has 0 bridgehead atoms. The van der Waals surface area contributed by atoms with Crippen LogP contribution in [-0.4, -0.2) is 51.3 Å². The second-order valence-electron chi connectivity index (χ2n) is 9.52. The van der Waals surface area contributed by atoms with Gasteiger partial charge in [0.1, 0.15) is 11.7 Å². The highest BCUT2D eigenvalue weighted by Crippen LogP contribution is 2.56. The van der Waals surface area contributed by atoms with Crippen LogP contribution in [0.5, 0.6) is 0 Å². The molecule has 164 valence electrons. The number of ketones is 1. The summed E-state index contributed by atoms with van der Waals surface area (Å²) in [5, 5.41) is 20.0. The van der Waals surface area contributed by atoms with Gasteiger partial charge in [-0.05, 0) is 64.9 Å². The Kier molecular flexibility index (Phi) is 6.36. The average molecular weight is 411 g/mol. The molecule has 2 rings (SSSR count). The summed E-state index contributed by atoms with van der Waals surface area (Å²) < 4.78 is 11.4. The number of fused-ring (bicyclic) bond motifs is 1. The number of aliphatic hydroxyl groups excluding tert-OH is 1. The van der Waals surface area contributed by atoms with Crippen LogP contribution in [0.2, 0.25) is 0 Å². The number of rotatable bonds is 4. The molecule has 0 aromatic heterocycles. The summed E-state index contributed by atoms with van der Waals surface area (Å²) in [6.45, 7) is 11.3. The fourth-order valence-electron chi connectivity index (χ4n) is 4.81. The minimum Gasteiger partial charge on any atom is -0.456 e. The highest BCUT2D eigenvalue weighted by molar-refractivity contribution is 5.97. The molecule has 0 unspecified atom stereocenters. The maximum atomic E-state index is 12.7. The van der Waals surface area contributed by atoms with Crippen molar-refractivity contribution in [1.82, 2.24) is 0 Å². The number of hydrogen-bond donors (Lipinski definition) is 2. The Balaban J connectivity index is 2.45. The molecule has 6 atom stereocenters. The van der Waals surface area contributed by atoms with Crippen molar-refractivity contribution < 1.29 is 34.1 Å². The van der Waals surface area contributed by atoms with Gasteiger partial charge in [0.25, 0.3) is 0 Å². The number of carbonyl (C=O) groups excluding carboxylic acids is 3. The maximum absolute atomic E-state index is 12.7. The lowest BCUT2D eigenvalue weighted by Crippen LogP contribution is -2.62. The predicted molar refractivity (Wildman–Crippen MR) is 106 cm³/mol. The van der Waals surface area contributed by atoms with E-state index in [2.05, 4.69) is 0 Å². The van der Waals surface area contributed by atoms with Crippen molar-refractivity contribution in [3.63, 3.8) is 0 Å². The van der Waals surface area contributed by atoms with Gasteiger partial charge in [-0.15, -0.1) is 0 Å². The molecule has 0 radical (unpaired) electrons. The highest BCUT2D eigenvalue weighted by Gasteiger charge is 2.60. The van der Waals surface area contributed by atoms with Gasteiger partial charge < -0.3 is 19.7 Å². The lowest BCUT2D eigenvalue weighted by atomic mass is 9.53. The van der Waals surface area contributed by atoms with Gasteiger partial charge in [0.15, 0.2) is 11.4 Å². The van der Waals surface area contributed by atoms with Crippen LogP contribution in [0.1, 0.15) is 74.1 Å². The normalized spacial score (nSPS) is 35.2. The van der Waals surface area contributed by atoms with E-state index in [1.165, 1.54) is 20.8 Å². The Labute approximate surface area is 172 Å². The van der Waals surface area contributed by atoms with Gasteiger partial charge >= 0.3 is 11.9 Å². The topological polar surface area (TPSA) is 110 Å². The van der Waals surface area contributed by atoms with Crippen LogP contribution in [0, 0.1) is 11.3 Å². The molecule has 2 aliphatic rings. The predicted octanol–water partition coefficient (Wildman–Crippen LogP) is 2.47. The van der Waals surface area contributed by atoms with E-state index in [0.29, 0.717) is 25.7 Å². The van der Waals surface area contributed by atoms with Gasteiger partial charge in [-0.2, -0.15) is 0 Å². The van der Waals surface area contributed by atoms with Crippen molar-refractivity contribution in [1.29, 1.82) is 0 Å². The number of carbonyl (C=O) groups is 3. The number of ether oxygens (including phenoxy) is 2. The van der Waals surface area contributed by atoms with E-state index in [-0.39, 0.29) is 11.7 Å². The summed E-state index contributed by atoms with van der Waals surface area (Å²) in [7, 11) is 0. The molecule has 0 amide bonds. The fraction of sp³-hybridized carbons (Fsp3) is 0.773. The Morgan fingerprint density at radius 1 is 1.24 bits per heavy atom. The van der Waals surface area contributed by atoms with E-state index in [1.807, 2.05) is 20.8 Å². The summed E-state index contributed by atoms with van der Waals surface area (Å²) in [6, 6.07) is 0. The SMILES string of the molecule is CC(=O)O[C@@]1(C)[C@@H]2CC(=C(C)C)C(=O)C[C@@]2(C)CC[C@H]1OC(=O)[C@@](C)(O)[C@H](C)O. The number of aliphatic hydroxyl groups is 2. The van der Waals surface area contributed by atoms with E-state index in [4.69, 9.17) is 9.47 Å². The Hall–Kier alpha value is -1.73. The minimum absolute atomic E-state index is 0.112. The van der Waals surface area contributed by atoms with Crippen LogP contribution in [-0.2, 0) is 23.9 Å². The number of hydrogen-bond acceptors (Lipinski definition) is 7. The van der Waals surface area contributed by atoms with E-state index >= 15 is 0 Å². The second kappa shape index (κ2) is 7.84. The first-order valence-corrected chi connectivity index (χ1v) is 10.2. The molecular formula is C22H34O7. The number of Topliss-reactive ketones (excluding diaryl/α,β-unsaturated/α-hetero) is 1. The summed E-state index contributed by atoms with van der Waals surface area (Å²) in [6.07, 6.45) is -0.341. The van der Waals surface area contributed by atoms with E-state index < -0.39 is 40.8 Å². The lowest BCUT2D eigenvalue weighted by Gasteiger charge is -2.56. The first-order chi connectivity index (χ1) is 13.1. The van der Waals surface area contributed by atoms with Crippen LogP contribution in [0.25, 0.3) is 0 Å². The number of esters is 2. The third-order valence-electron chi connectivity index (χ3n) is 6.90. The van der Waals surface area contributed by atoms with Gasteiger partial charge in [0, 0.05) is 19.3 Å². The van der Waals surface area contributed by atoms with Crippen LogP contribution in [0.3, 0.4) is 0 Å². The zero-order valence-corrected chi connectivity index (χ0v) is 18.5. The number of allylic oxidation sites excluding steroid dienone is 2. The molecule has 2 N–H and O–H groups in total. The maximum Gasteiger partial charge on any atom is 0.340 e. The standard InChI is InChI=1S/C22H34O7/c1-12(2)15-10-17-20(5,11-16(15)25)9-8-18(22(17,7)29-14(4)24)28-19(26)21(6,27)13(3)23/h13,17-18,23,27H,8-11H2,1-7H3/t13-,17+,18+,20+,21-,22-/m0/s1. The van der Waals surface area contributed by atoms with Crippen LogP contribution in [0.4, 0.5) is 0 Å². The minimum atomic E-state index is -2.08. The molecular weight excluding hydrogens is 376 g/mol. The molecule has 2 saturated carbocycles. The van der Waals surface area contributed by atoms with Crippen LogP contribution >= 0.6 is 0 Å². The van der Waals surface area contributed by atoms with Gasteiger partial charge in [-0.3, -0.25) is 9.59 Å². The molecule has 0 aromatic carbocycles. The van der Waals surface area contributed by atoms with Gasteiger partial charge in [0.05, 0.1) is 6.10 Å². The quantitative estimate of drug-likeness (QED) is 0.541. The van der Waals surface area contributed by atoms with Crippen LogP contribution in [0.15, 0.2) is 11.1 Å². The summed E-state index contributed by atoms with van der Waals surface area (Å²) in [5.41, 5.74) is -1.97. The Bertz CT molecular complexity index is 731. The molecule has 0 heterocycles. The van der Waals surface area contributed by atoms with Crippen LogP contribution < -0.4 is 0 Å². The first-order valence-electron chi connectivity index (χ1n) is 10.2. The molecule has 0 spiro atoms. The van der Waals surface area contributed by atoms with Crippen molar-refractivity contribution in [3.8, 4) is 0 Å². The largest absolute Gasteiger partial charge is 0.456 e. The van der Waals surface area contributed by atoms with Gasteiger partial charge in [-0.25, -0.2) is 4.79 Å². The Morgan fingerprint density at radius 2 is 1.83 bits per heavy atom. The van der Waals surface area contributed by atoms with Crippen molar-refractivity contribution in [2.45, 2.75) is 97.6 Å². The van der Waals surface area contributed by atoms with Crippen molar-refractivity contribution in [3.05, 3.63) is 11.1 Å². The third-order valence-corrected chi connectivity index (χ3v) is 6.90. The molecule has 7 heteroatoms. The molecule has 2 aliphatic carbocycles. The van der Waals surface area contributed by atoms with Crippen molar-refractivity contribution in [2.75, 3.05) is 0 Å². The smallest absolute Gasteiger partial charge is 0.340 e. The van der Waals surface area contributed by atoms with Crippen molar-refractivity contribution in [2.24, 2.45) is 11.3 Å². The van der Waals surface area contributed by atoms with E-state index in [9.17, 15) is 24.6 Å².